The molecule has 3 nitrogen and oxygen atoms in total. The first-order valence-corrected chi connectivity index (χ1v) is 9.35. The van der Waals surface area contributed by atoms with Crippen LogP contribution in [-0.4, -0.2) is 18.8 Å². The van der Waals surface area contributed by atoms with E-state index >= 15 is 0 Å². The predicted molar refractivity (Wildman–Crippen MR) is 87.7 cm³/mol. The van der Waals surface area contributed by atoms with Gasteiger partial charge in [0.05, 0.1) is 0 Å². The molecule has 0 spiro atoms. The number of nitrogens with zero attached hydrogens (tertiary/aromatic N) is 1. The predicted octanol–water partition coefficient (Wildman–Crippen LogP) is 3.95. The van der Waals surface area contributed by atoms with Gasteiger partial charge in [-0.25, -0.2) is 17.2 Å². The summed E-state index contributed by atoms with van der Waals surface area (Å²) in [7, 11) is -4.28. The van der Waals surface area contributed by atoms with E-state index in [2.05, 4.69) is 0 Å². The summed E-state index contributed by atoms with van der Waals surface area (Å²) in [5, 5.41) is 0. The summed E-state index contributed by atoms with van der Waals surface area (Å²) >= 11 is 0. The fourth-order valence-corrected chi connectivity index (χ4v) is 4.66. The van der Waals surface area contributed by atoms with Gasteiger partial charge in [0.2, 0.25) is 10.0 Å². The minimum absolute atomic E-state index is 0.0919. The van der Waals surface area contributed by atoms with E-state index in [1.807, 2.05) is 18.2 Å². The summed E-state index contributed by atoms with van der Waals surface area (Å²) in [5.41, 5.74) is 0.783. The highest BCUT2D eigenvalue weighted by molar-refractivity contribution is 7.89. The fraction of sp³-hybridized carbons (Fsp3) is 0.333. The smallest absolute Gasteiger partial charge is 0.207 e. The second kappa shape index (κ2) is 6.61. The van der Waals surface area contributed by atoms with Gasteiger partial charge in [0.25, 0.3) is 0 Å². The summed E-state index contributed by atoms with van der Waals surface area (Å²) in [6, 6.07) is 11.9. The maximum absolute atomic E-state index is 14.1. The van der Waals surface area contributed by atoms with Crippen LogP contribution in [0, 0.1) is 17.6 Å². The van der Waals surface area contributed by atoms with Crippen molar-refractivity contribution in [2.75, 3.05) is 0 Å². The number of hydrogen-bond donors (Lipinski definition) is 0. The van der Waals surface area contributed by atoms with Crippen LogP contribution in [0.3, 0.4) is 0 Å². The molecule has 0 aliphatic heterocycles. The Hall–Kier alpha value is -1.79. The number of sulfonamides is 1. The molecule has 1 aliphatic rings. The normalized spacial score (nSPS) is 16.3. The number of rotatable bonds is 6. The van der Waals surface area contributed by atoms with Crippen LogP contribution >= 0.6 is 0 Å². The summed E-state index contributed by atoms with van der Waals surface area (Å²) < 4.78 is 55.4. The van der Waals surface area contributed by atoms with Gasteiger partial charge in [0, 0.05) is 12.6 Å². The van der Waals surface area contributed by atoms with Crippen LogP contribution in [-0.2, 0) is 16.6 Å². The zero-order valence-electron chi connectivity index (χ0n) is 13.3. The molecule has 0 amide bonds. The van der Waals surface area contributed by atoms with E-state index in [1.54, 1.807) is 19.1 Å². The Balaban J connectivity index is 2.03. The molecule has 0 aromatic heterocycles. The molecule has 24 heavy (non-hydrogen) atoms. The van der Waals surface area contributed by atoms with E-state index in [4.69, 9.17) is 0 Å². The fourth-order valence-electron chi connectivity index (χ4n) is 2.87. The van der Waals surface area contributed by atoms with Gasteiger partial charge in [-0.1, -0.05) is 36.4 Å². The van der Waals surface area contributed by atoms with Gasteiger partial charge >= 0.3 is 0 Å². The van der Waals surface area contributed by atoms with E-state index < -0.39 is 26.6 Å². The minimum atomic E-state index is -4.28. The molecule has 1 aliphatic carbocycles. The molecular weight excluding hydrogens is 332 g/mol. The van der Waals surface area contributed by atoms with Crippen molar-refractivity contribution in [2.24, 2.45) is 5.92 Å². The molecule has 0 unspecified atom stereocenters. The molecule has 1 atom stereocenters. The molecule has 0 saturated heterocycles. The van der Waals surface area contributed by atoms with Crippen LogP contribution in [0.4, 0.5) is 8.78 Å². The van der Waals surface area contributed by atoms with Crippen molar-refractivity contribution in [2.45, 2.75) is 37.2 Å². The van der Waals surface area contributed by atoms with Gasteiger partial charge in [-0.2, -0.15) is 4.31 Å². The molecule has 3 rings (SSSR count). The Morgan fingerprint density at radius 3 is 2.17 bits per heavy atom. The molecule has 2 aromatic carbocycles. The molecule has 0 bridgehead atoms. The molecule has 0 radical (unpaired) electrons. The first-order chi connectivity index (χ1) is 11.4. The highest BCUT2D eigenvalue weighted by Crippen LogP contribution is 2.38. The Kier molecular flexibility index (Phi) is 4.69. The number of halogens is 2. The zero-order valence-corrected chi connectivity index (χ0v) is 14.1. The Labute approximate surface area is 141 Å². The molecule has 1 fully saturated rings. The van der Waals surface area contributed by atoms with Crippen molar-refractivity contribution < 1.29 is 17.2 Å². The first-order valence-electron chi connectivity index (χ1n) is 7.91. The Morgan fingerprint density at radius 1 is 1.04 bits per heavy atom. The van der Waals surface area contributed by atoms with Crippen LogP contribution < -0.4 is 0 Å². The molecular formula is C18H19F2NO2S. The lowest BCUT2D eigenvalue weighted by Gasteiger charge is -2.29. The van der Waals surface area contributed by atoms with Crippen molar-refractivity contribution in [3.05, 3.63) is 65.7 Å². The van der Waals surface area contributed by atoms with Crippen molar-refractivity contribution in [3.8, 4) is 0 Å². The van der Waals surface area contributed by atoms with Gasteiger partial charge in [0.1, 0.15) is 11.6 Å². The molecule has 128 valence electrons. The lowest BCUT2D eigenvalue weighted by molar-refractivity contribution is 0.300. The van der Waals surface area contributed by atoms with Gasteiger partial charge in [-0.05, 0) is 43.4 Å². The van der Waals surface area contributed by atoms with Gasteiger partial charge in [-0.3, -0.25) is 0 Å². The number of hydrogen-bond acceptors (Lipinski definition) is 2. The van der Waals surface area contributed by atoms with E-state index in [9.17, 15) is 17.2 Å². The van der Waals surface area contributed by atoms with Crippen LogP contribution in [0.25, 0.3) is 0 Å². The standard InChI is InChI=1S/C18H19F2NO2S/c1-13(15-10-11-15)21(12-14-6-3-2-4-7-14)24(22,23)18-16(19)8-5-9-17(18)20/h2-9,13,15H,10-12H2,1H3/t13-/m0/s1. The highest BCUT2D eigenvalue weighted by atomic mass is 32.2. The largest absolute Gasteiger partial charge is 0.249 e. The minimum Gasteiger partial charge on any atom is -0.207 e. The van der Waals surface area contributed by atoms with Gasteiger partial charge < -0.3 is 0 Å². The third-order valence-corrected chi connectivity index (χ3v) is 6.41. The molecule has 2 aromatic rings. The summed E-state index contributed by atoms with van der Waals surface area (Å²) in [6.45, 7) is 1.89. The third kappa shape index (κ3) is 3.35. The van der Waals surface area contributed by atoms with Crippen molar-refractivity contribution in [1.82, 2.24) is 4.31 Å². The van der Waals surface area contributed by atoms with Crippen molar-refractivity contribution in [1.29, 1.82) is 0 Å². The van der Waals surface area contributed by atoms with Crippen LogP contribution in [0.15, 0.2) is 53.4 Å². The summed E-state index contributed by atoms with van der Waals surface area (Å²) in [6.07, 6.45) is 1.86. The second-order valence-electron chi connectivity index (χ2n) is 6.16. The lowest BCUT2D eigenvalue weighted by Crippen LogP contribution is -2.40. The lowest BCUT2D eigenvalue weighted by atomic mass is 10.2. The first kappa shape index (κ1) is 17.0. The van der Waals surface area contributed by atoms with Crippen LogP contribution in [0.1, 0.15) is 25.3 Å². The molecule has 0 N–H and O–H groups in total. The Morgan fingerprint density at radius 2 is 1.62 bits per heavy atom. The second-order valence-corrected chi connectivity index (χ2v) is 7.99. The molecule has 1 saturated carbocycles. The van der Waals surface area contributed by atoms with E-state index in [-0.39, 0.29) is 18.5 Å². The quantitative estimate of drug-likeness (QED) is 0.790. The van der Waals surface area contributed by atoms with Crippen molar-refractivity contribution in [3.63, 3.8) is 0 Å². The van der Waals surface area contributed by atoms with Crippen molar-refractivity contribution >= 4 is 10.0 Å². The zero-order chi connectivity index (χ0) is 17.3. The van der Waals surface area contributed by atoms with Gasteiger partial charge in [-0.15, -0.1) is 0 Å². The summed E-state index contributed by atoms with van der Waals surface area (Å²) in [5.74, 6) is -1.88. The highest BCUT2D eigenvalue weighted by Gasteiger charge is 2.40. The third-order valence-electron chi connectivity index (χ3n) is 4.43. The van der Waals surface area contributed by atoms with E-state index in [0.29, 0.717) is 0 Å². The van der Waals surface area contributed by atoms with Crippen LogP contribution in [0.5, 0.6) is 0 Å². The van der Waals surface area contributed by atoms with E-state index in [1.165, 1.54) is 4.31 Å². The SMILES string of the molecule is C[C@@H](C1CC1)N(Cc1ccccc1)S(=O)(=O)c1c(F)cccc1F. The van der Waals surface area contributed by atoms with E-state index in [0.717, 1.165) is 36.6 Å². The maximum atomic E-state index is 14.1. The van der Waals surface area contributed by atoms with Crippen LogP contribution in [0.2, 0.25) is 0 Å². The van der Waals surface area contributed by atoms with Gasteiger partial charge in [0.15, 0.2) is 4.90 Å². The molecule has 0 heterocycles. The maximum Gasteiger partial charge on any atom is 0.249 e. The average Bonchev–Trinajstić information content (AvgIpc) is 3.37. The Bertz CT molecular complexity index is 800. The topological polar surface area (TPSA) is 37.4 Å². The number of benzene rings is 2. The monoisotopic (exact) mass is 351 g/mol. The summed E-state index contributed by atoms with van der Waals surface area (Å²) in [4.78, 5) is -0.867. The molecule has 6 heteroatoms. The average molecular weight is 351 g/mol.